The van der Waals surface area contributed by atoms with E-state index in [0.29, 0.717) is 5.75 Å². The molecule has 2 aliphatic heterocycles. The lowest BCUT2D eigenvalue weighted by molar-refractivity contribution is -0.128. The Bertz CT molecular complexity index is 544. The largest absolute Gasteiger partial charge is 0.454 e. The topological polar surface area (TPSA) is 50.8 Å². The van der Waals surface area contributed by atoms with Gasteiger partial charge in [-0.25, -0.2) is 0 Å². The predicted octanol–water partition coefficient (Wildman–Crippen LogP) is 2.80. The number of fused-ring (bicyclic) bond motifs is 1. The molecular weight excluding hydrogens is 336 g/mol. The zero-order valence-electron chi connectivity index (χ0n) is 13.2. The van der Waals surface area contributed by atoms with Gasteiger partial charge in [0.25, 0.3) is 0 Å². The molecule has 0 aliphatic carbocycles. The van der Waals surface area contributed by atoms with Crippen molar-refractivity contribution in [2.45, 2.75) is 25.1 Å². The van der Waals surface area contributed by atoms with Gasteiger partial charge < -0.3 is 19.7 Å². The van der Waals surface area contributed by atoms with Crippen molar-refractivity contribution in [3.63, 3.8) is 0 Å². The van der Waals surface area contributed by atoms with Crippen LogP contribution in [0.1, 0.15) is 30.7 Å². The number of carbonyl (C=O) groups excluding carboxylic acids is 1. The fourth-order valence-corrected chi connectivity index (χ4v) is 3.92. The molecule has 0 bridgehead atoms. The van der Waals surface area contributed by atoms with E-state index in [1.807, 2.05) is 23.1 Å². The third-order valence-electron chi connectivity index (χ3n) is 3.83. The van der Waals surface area contributed by atoms with Crippen LogP contribution in [0.4, 0.5) is 0 Å². The average Bonchev–Trinajstić information content (AvgIpc) is 3.13. The molecule has 0 spiro atoms. The molecule has 1 aromatic carbocycles. The summed E-state index contributed by atoms with van der Waals surface area (Å²) >= 11 is 1.69. The third-order valence-corrected chi connectivity index (χ3v) is 5.09. The molecule has 1 saturated heterocycles. The van der Waals surface area contributed by atoms with Crippen LogP contribution in [0.25, 0.3) is 0 Å². The highest BCUT2D eigenvalue weighted by molar-refractivity contribution is 8.00. The minimum Gasteiger partial charge on any atom is -0.454 e. The summed E-state index contributed by atoms with van der Waals surface area (Å²) in [5.41, 5.74) is 1.11. The summed E-state index contributed by atoms with van der Waals surface area (Å²) in [7, 11) is 0. The Balaban J connectivity index is 0.00000192. The van der Waals surface area contributed by atoms with E-state index in [2.05, 4.69) is 12.2 Å². The van der Waals surface area contributed by atoms with Gasteiger partial charge in [-0.1, -0.05) is 13.0 Å². The van der Waals surface area contributed by atoms with Crippen LogP contribution in [-0.4, -0.2) is 43.0 Å². The molecule has 0 radical (unpaired) electrons. The molecule has 1 unspecified atom stereocenters. The smallest absolute Gasteiger partial charge is 0.233 e. The second-order valence-electron chi connectivity index (χ2n) is 5.47. The summed E-state index contributed by atoms with van der Waals surface area (Å²) in [5, 5.41) is 3.47. The molecule has 2 heterocycles. The molecular formula is C16H23ClN2O3S. The number of nitrogens with one attached hydrogen (secondary N) is 1. The molecule has 1 fully saturated rings. The van der Waals surface area contributed by atoms with Crippen molar-refractivity contribution in [3.05, 3.63) is 23.8 Å². The monoisotopic (exact) mass is 358 g/mol. The zero-order valence-corrected chi connectivity index (χ0v) is 14.9. The van der Waals surface area contributed by atoms with Crippen LogP contribution in [-0.2, 0) is 4.79 Å². The lowest BCUT2D eigenvalue weighted by Crippen LogP contribution is -2.31. The van der Waals surface area contributed by atoms with Crippen LogP contribution in [0.5, 0.6) is 11.5 Å². The van der Waals surface area contributed by atoms with E-state index in [1.165, 1.54) is 0 Å². The summed E-state index contributed by atoms with van der Waals surface area (Å²) in [6.07, 6.45) is 2.12. The summed E-state index contributed by atoms with van der Waals surface area (Å²) in [6.45, 7) is 5.22. The predicted molar refractivity (Wildman–Crippen MR) is 94.5 cm³/mol. The average molecular weight is 359 g/mol. The zero-order chi connectivity index (χ0) is 15.4. The number of benzene rings is 1. The summed E-state index contributed by atoms with van der Waals surface area (Å²) in [6, 6.07) is 5.97. The minimum absolute atomic E-state index is 0. The molecule has 7 heteroatoms. The molecule has 0 aromatic heterocycles. The highest BCUT2D eigenvalue weighted by atomic mass is 35.5. The number of rotatable bonds is 7. The number of hydrogen-bond acceptors (Lipinski definition) is 5. The maximum absolute atomic E-state index is 12.1. The Labute approximate surface area is 147 Å². The van der Waals surface area contributed by atoms with E-state index in [9.17, 15) is 4.79 Å². The quantitative estimate of drug-likeness (QED) is 0.759. The van der Waals surface area contributed by atoms with Gasteiger partial charge in [0.05, 0.1) is 5.75 Å². The molecule has 1 N–H and O–H groups in total. The van der Waals surface area contributed by atoms with E-state index >= 15 is 0 Å². The van der Waals surface area contributed by atoms with Crippen molar-refractivity contribution in [2.24, 2.45) is 0 Å². The molecule has 1 aromatic rings. The Hall–Kier alpha value is -1.11. The molecule has 0 saturated carbocycles. The van der Waals surface area contributed by atoms with Gasteiger partial charge in [-0.05, 0) is 43.6 Å². The van der Waals surface area contributed by atoms with Gasteiger partial charge in [-0.3, -0.25) is 4.79 Å². The Kier molecular flexibility index (Phi) is 6.87. The normalized spacial score (nSPS) is 19.1. The van der Waals surface area contributed by atoms with E-state index in [4.69, 9.17) is 9.47 Å². The molecule has 3 rings (SSSR count). The van der Waals surface area contributed by atoms with Crippen molar-refractivity contribution in [1.29, 1.82) is 0 Å². The number of halogens is 1. The summed E-state index contributed by atoms with van der Waals surface area (Å²) < 4.78 is 10.8. The fraction of sp³-hybridized carbons (Fsp3) is 0.562. The van der Waals surface area contributed by atoms with Crippen LogP contribution >= 0.6 is 24.2 Å². The standard InChI is InChI=1S/C16H22N2O3S.ClH/c1-2-6-17-7-3-8-18-15(19)10-22-16(18)12-4-5-13-14(9-12)21-11-20-13;/h4-5,9,16-17H,2-3,6-8,10-11H2,1H3;1H. The van der Waals surface area contributed by atoms with Crippen molar-refractivity contribution >= 4 is 30.1 Å². The SMILES string of the molecule is CCCNCCCN1C(=O)CSC1c1ccc2c(c1)OCO2.Cl. The third kappa shape index (κ3) is 4.25. The van der Waals surface area contributed by atoms with Gasteiger partial charge in [0.2, 0.25) is 12.7 Å². The maximum Gasteiger partial charge on any atom is 0.233 e. The van der Waals surface area contributed by atoms with E-state index in [0.717, 1.165) is 49.5 Å². The highest BCUT2D eigenvalue weighted by Crippen LogP contribution is 2.42. The second-order valence-corrected chi connectivity index (χ2v) is 6.54. The van der Waals surface area contributed by atoms with Crippen LogP contribution < -0.4 is 14.8 Å². The number of carbonyl (C=O) groups is 1. The first-order chi connectivity index (χ1) is 10.8. The van der Waals surface area contributed by atoms with Crippen LogP contribution in [0.3, 0.4) is 0 Å². The van der Waals surface area contributed by atoms with Gasteiger partial charge >= 0.3 is 0 Å². The number of nitrogens with zero attached hydrogens (tertiary/aromatic N) is 1. The first-order valence-electron chi connectivity index (χ1n) is 7.81. The number of thioether (sulfide) groups is 1. The molecule has 5 nitrogen and oxygen atoms in total. The lowest BCUT2D eigenvalue weighted by Gasteiger charge is -2.24. The van der Waals surface area contributed by atoms with E-state index < -0.39 is 0 Å². The first-order valence-corrected chi connectivity index (χ1v) is 8.86. The summed E-state index contributed by atoms with van der Waals surface area (Å²) in [5.74, 6) is 2.35. The van der Waals surface area contributed by atoms with Crippen LogP contribution in [0.15, 0.2) is 18.2 Å². The van der Waals surface area contributed by atoms with E-state index in [-0.39, 0.29) is 30.5 Å². The maximum atomic E-state index is 12.1. The highest BCUT2D eigenvalue weighted by Gasteiger charge is 2.33. The van der Waals surface area contributed by atoms with Gasteiger partial charge in [0.1, 0.15) is 5.37 Å². The Morgan fingerprint density at radius 1 is 1.30 bits per heavy atom. The van der Waals surface area contributed by atoms with Crippen LogP contribution in [0, 0.1) is 0 Å². The minimum atomic E-state index is 0. The first kappa shape index (κ1) is 18.2. The van der Waals surface area contributed by atoms with Gasteiger partial charge in [-0.2, -0.15) is 0 Å². The van der Waals surface area contributed by atoms with Crippen molar-refractivity contribution in [1.82, 2.24) is 10.2 Å². The molecule has 1 atom stereocenters. The Morgan fingerprint density at radius 2 is 2.13 bits per heavy atom. The Morgan fingerprint density at radius 3 is 2.96 bits per heavy atom. The van der Waals surface area contributed by atoms with Gasteiger partial charge in [0.15, 0.2) is 11.5 Å². The van der Waals surface area contributed by atoms with Crippen molar-refractivity contribution in [3.8, 4) is 11.5 Å². The molecule has 2 aliphatic rings. The number of ether oxygens (including phenoxy) is 2. The fourth-order valence-electron chi connectivity index (χ4n) is 2.71. The van der Waals surface area contributed by atoms with Crippen molar-refractivity contribution in [2.75, 3.05) is 32.2 Å². The van der Waals surface area contributed by atoms with E-state index in [1.54, 1.807) is 11.8 Å². The molecule has 23 heavy (non-hydrogen) atoms. The van der Waals surface area contributed by atoms with Crippen molar-refractivity contribution < 1.29 is 14.3 Å². The number of hydrogen-bond donors (Lipinski definition) is 1. The molecule has 1 amide bonds. The molecule has 128 valence electrons. The van der Waals surface area contributed by atoms with Gasteiger partial charge in [0, 0.05) is 6.54 Å². The van der Waals surface area contributed by atoms with Crippen LogP contribution in [0.2, 0.25) is 0 Å². The number of amides is 1. The van der Waals surface area contributed by atoms with Gasteiger partial charge in [-0.15, -0.1) is 24.2 Å². The lowest BCUT2D eigenvalue weighted by atomic mass is 10.1. The second kappa shape index (κ2) is 8.66. The summed E-state index contributed by atoms with van der Waals surface area (Å²) in [4.78, 5) is 14.1.